The zero-order chi connectivity index (χ0) is 16.3. The van der Waals surface area contributed by atoms with Gasteiger partial charge in [0.15, 0.2) is 9.84 Å². The average molecular weight is 338 g/mol. The van der Waals surface area contributed by atoms with Crippen molar-refractivity contribution < 1.29 is 17.9 Å². The van der Waals surface area contributed by atoms with Gasteiger partial charge in [-0.2, -0.15) is 0 Å². The van der Waals surface area contributed by atoms with E-state index in [1.807, 2.05) is 29.2 Å². The second-order valence-corrected chi connectivity index (χ2v) is 8.38. The molecule has 0 radical (unpaired) electrons. The molecule has 0 aromatic heterocycles. The van der Waals surface area contributed by atoms with Crippen molar-refractivity contribution in [1.82, 2.24) is 10.2 Å². The van der Waals surface area contributed by atoms with Crippen LogP contribution in [-0.4, -0.2) is 57.0 Å². The summed E-state index contributed by atoms with van der Waals surface area (Å²) in [6, 6.07) is 7.74. The zero-order valence-electron chi connectivity index (χ0n) is 13.0. The van der Waals surface area contributed by atoms with Crippen LogP contribution in [0.15, 0.2) is 24.3 Å². The lowest BCUT2D eigenvalue weighted by Crippen LogP contribution is -2.45. The second-order valence-electron chi connectivity index (χ2n) is 6.08. The lowest BCUT2D eigenvalue weighted by atomic mass is 10.0. The summed E-state index contributed by atoms with van der Waals surface area (Å²) in [7, 11) is -2.91. The van der Waals surface area contributed by atoms with Crippen molar-refractivity contribution in [3.63, 3.8) is 0 Å². The van der Waals surface area contributed by atoms with Crippen molar-refractivity contribution in [2.45, 2.75) is 18.9 Å². The molecule has 7 heteroatoms. The van der Waals surface area contributed by atoms with Crippen molar-refractivity contribution in [2.75, 3.05) is 37.7 Å². The van der Waals surface area contributed by atoms with Crippen LogP contribution in [0.3, 0.4) is 0 Å². The summed E-state index contributed by atoms with van der Waals surface area (Å²) in [4.78, 5) is 14.2. The lowest BCUT2D eigenvalue weighted by Gasteiger charge is -2.27. The summed E-state index contributed by atoms with van der Waals surface area (Å²) < 4.78 is 28.6. The maximum absolute atomic E-state index is 12.3. The van der Waals surface area contributed by atoms with E-state index in [1.54, 1.807) is 0 Å². The largest absolute Gasteiger partial charge is 0.493 e. The molecule has 0 bridgehead atoms. The van der Waals surface area contributed by atoms with E-state index in [1.165, 1.54) is 0 Å². The van der Waals surface area contributed by atoms with E-state index >= 15 is 0 Å². The Bertz CT molecular complexity index is 660. The van der Waals surface area contributed by atoms with Gasteiger partial charge in [0, 0.05) is 18.7 Å². The van der Waals surface area contributed by atoms with Crippen LogP contribution in [0.1, 0.15) is 24.4 Å². The van der Waals surface area contributed by atoms with Gasteiger partial charge in [0.25, 0.3) is 0 Å². The maximum Gasteiger partial charge on any atom is 0.234 e. The van der Waals surface area contributed by atoms with Gasteiger partial charge in [0.1, 0.15) is 5.75 Å². The van der Waals surface area contributed by atoms with E-state index in [9.17, 15) is 13.2 Å². The number of nitrogens with zero attached hydrogens (tertiary/aromatic N) is 1. The predicted octanol–water partition coefficient (Wildman–Crippen LogP) is 0.747. The summed E-state index contributed by atoms with van der Waals surface area (Å²) in [6.07, 6.45) is 1.73. The average Bonchev–Trinajstić information content (AvgIpc) is 2.72. The molecule has 0 aliphatic carbocycles. The van der Waals surface area contributed by atoms with Crippen molar-refractivity contribution in [1.29, 1.82) is 0 Å². The van der Waals surface area contributed by atoms with Gasteiger partial charge in [-0.1, -0.05) is 18.2 Å². The fourth-order valence-electron chi connectivity index (χ4n) is 3.03. The summed E-state index contributed by atoms with van der Waals surface area (Å²) in [5.41, 5.74) is 1.01. The molecule has 6 nitrogen and oxygen atoms in total. The number of nitrogens with one attached hydrogen (secondary N) is 1. The smallest absolute Gasteiger partial charge is 0.234 e. The highest BCUT2D eigenvalue weighted by molar-refractivity contribution is 7.91. The molecule has 1 amide bonds. The van der Waals surface area contributed by atoms with Gasteiger partial charge >= 0.3 is 0 Å². The quantitative estimate of drug-likeness (QED) is 0.880. The van der Waals surface area contributed by atoms with Gasteiger partial charge < -0.3 is 10.1 Å². The minimum Gasteiger partial charge on any atom is -0.493 e. The van der Waals surface area contributed by atoms with Gasteiger partial charge in [-0.3, -0.25) is 9.69 Å². The molecule has 23 heavy (non-hydrogen) atoms. The van der Waals surface area contributed by atoms with Crippen LogP contribution in [0.4, 0.5) is 0 Å². The van der Waals surface area contributed by atoms with Gasteiger partial charge in [-0.25, -0.2) is 8.42 Å². The number of fused-ring (bicyclic) bond motifs is 1. The Morgan fingerprint density at radius 1 is 1.26 bits per heavy atom. The molecule has 1 N–H and O–H groups in total. The topological polar surface area (TPSA) is 75.7 Å². The van der Waals surface area contributed by atoms with Crippen LogP contribution < -0.4 is 10.1 Å². The van der Waals surface area contributed by atoms with E-state index < -0.39 is 9.84 Å². The second kappa shape index (κ2) is 6.88. The van der Waals surface area contributed by atoms with E-state index in [2.05, 4.69) is 5.32 Å². The predicted molar refractivity (Wildman–Crippen MR) is 87.1 cm³/mol. The molecule has 0 unspecified atom stereocenters. The number of rotatable bonds is 3. The number of carbonyl (C=O) groups excluding carboxylic acids is 1. The molecule has 1 saturated heterocycles. The van der Waals surface area contributed by atoms with Gasteiger partial charge in [-0.05, 0) is 18.9 Å². The third kappa shape index (κ3) is 4.23. The number of hydrogen-bond acceptors (Lipinski definition) is 5. The van der Waals surface area contributed by atoms with E-state index in [4.69, 9.17) is 4.74 Å². The Balaban J connectivity index is 1.60. The highest BCUT2D eigenvalue weighted by atomic mass is 32.2. The third-order valence-corrected chi connectivity index (χ3v) is 5.94. The third-order valence-electron chi connectivity index (χ3n) is 4.33. The van der Waals surface area contributed by atoms with E-state index in [0.29, 0.717) is 19.7 Å². The number of carbonyl (C=O) groups is 1. The molecule has 0 saturated carbocycles. The molecule has 1 aromatic rings. The normalized spacial score (nSPS) is 24.1. The number of para-hydroxylation sites is 1. The summed E-state index contributed by atoms with van der Waals surface area (Å²) in [6.45, 7) is 1.77. The van der Waals surface area contributed by atoms with Gasteiger partial charge in [0.2, 0.25) is 5.91 Å². The molecule has 1 aromatic carbocycles. The van der Waals surface area contributed by atoms with Crippen LogP contribution in [0.2, 0.25) is 0 Å². The Hall–Kier alpha value is -1.60. The molecule has 126 valence electrons. The summed E-state index contributed by atoms with van der Waals surface area (Å²) in [5, 5.41) is 3.07. The zero-order valence-corrected chi connectivity index (χ0v) is 13.8. The molecule has 3 rings (SSSR count). The molecular formula is C16H22N2O4S. The lowest BCUT2D eigenvalue weighted by molar-refractivity contribution is -0.123. The van der Waals surface area contributed by atoms with Crippen molar-refractivity contribution in [3.8, 4) is 5.75 Å². The van der Waals surface area contributed by atoms with E-state index in [-0.39, 0.29) is 30.0 Å². The molecule has 0 spiro atoms. The Morgan fingerprint density at radius 2 is 2.00 bits per heavy atom. The number of hydrogen-bond donors (Lipinski definition) is 1. The Labute approximate surface area is 136 Å². The summed E-state index contributed by atoms with van der Waals surface area (Å²) >= 11 is 0. The number of ether oxygens (including phenoxy) is 1. The minimum absolute atomic E-state index is 0.0466. The fraction of sp³-hybridized carbons (Fsp3) is 0.562. The van der Waals surface area contributed by atoms with Crippen LogP contribution >= 0.6 is 0 Å². The monoisotopic (exact) mass is 338 g/mol. The van der Waals surface area contributed by atoms with Crippen LogP contribution in [0.5, 0.6) is 5.75 Å². The first kappa shape index (κ1) is 16.3. The first-order chi connectivity index (χ1) is 11.0. The highest BCUT2D eigenvalue weighted by Crippen LogP contribution is 2.31. The number of amides is 1. The minimum atomic E-state index is -2.91. The van der Waals surface area contributed by atoms with Gasteiger partial charge in [0.05, 0.1) is 30.7 Å². The Kier molecular flexibility index (Phi) is 4.87. The molecule has 2 aliphatic heterocycles. The first-order valence-corrected chi connectivity index (χ1v) is 9.79. The molecule has 1 fully saturated rings. The van der Waals surface area contributed by atoms with Crippen LogP contribution in [-0.2, 0) is 14.6 Å². The molecule has 2 heterocycles. The fourth-order valence-corrected chi connectivity index (χ4v) is 4.30. The van der Waals surface area contributed by atoms with E-state index in [0.717, 1.165) is 24.2 Å². The maximum atomic E-state index is 12.3. The molecular weight excluding hydrogens is 316 g/mol. The molecule has 2 aliphatic rings. The number of benzene rings is 1. The van der Waals surface area contributed by atoms with Crippen LogP contribution in [0, 0.1) is 0 Å². The van der Waals surface area contributed by atoms with Crippen molar-refractivity contribution in [3.05, 3.63) is 29.8 Å². The van der Waals surface area contributed by atoms with Gasteiger partial charge in [-0.15, -0.1) is 0 Å². The molecule has 1 atom stereocenters. The summed E-state index contributed by atoms with van der Waals surface area (Å²) in [5.74, 6) is 1.05. The highest BCUT2D eigenvalue weighted by Gasteiger charge is 2.25. The Morgan fingerprint density at radius 3 is 2.78 bits per heavy atom. The standard InChI is InChI=1S/C16H22N2O4S/c19-16(12-18-7-10-23(20,21)11-8-18)17-14-5-3-9-22-15-6-2-1-4-13(14)15/h1-2,4,6,14H,3,5,7-12H2,(H,17,19)/t14-/m1/s1. The van der Waals surface area contributed by atoms with Crippen molar-refractivity contribution in [2.24, 2.45) is 0 Å². The first-order valence-electron chi connectivity index (χ1n) is 7.97. The van der Waals surface area contributed by atoms with Crippen LogP contribution in [0.25, 0.3) is 0 Å². The SMILES string of the molecule is O=C(CN1CCS(=O)(=O)CC1)N[C@@H]1CCCOc2ccccc21. The number of sulfone groups is 1. The van der Waals surface area contributed by atoms with Crippen molar-refractivity contribution >= 4 is 15.7 Å².